The molecule has 0 aromatic heterocycles. The van der Waals surface area contributed by atoms with Gasteiger partial charge in [0, 0.05) is 6.20 Å². The maximum absolute atomic E-state index is 12.8. The van der Waals surface area contributed by atoms with Crippen LogP contribution >= 0.6 is 35.0 Å². The molecule has 0 fully saturated rings. The smallest absolute Gasteiger partial charge is 0.338 e. The number of aliphatic imine (C=N–C) groups is 1. The zero-order chi connectivity index (χ0) is 22.0. The van der Waals surface area contributed by atoms with Gasteiger partial charge in [0.2, 0.25) is 0 Å². The molecule has 0 saturated carbocycles. The highest BCUT2D eigenvalue weighted by Crippen LogP contribution is 2.41. The summed E-state index contributed by atoms with van der Waals surface area (Å²) in [7, 11) is 0. The third kappa shape index (κ3) is 4.61. The van der Waals surface area contributed by atoms with Crippen LogP contribution in [0.25, 0.3) is 0 Å². The van der Waals surface area contributed by atoms with E-state index >= 15 is 0 Å². The largest absolute Gasteiger partial charge is 0.489 e. The summed E-state index contributed by atoms with van der Waals surface area (Å²) in [5.41, 5.74) is 3.01. The number of carbonyl (C=O) groups excluding carboxylic acids is 1. The molecule has 2 heterocycles. The van der Waals surface area contributed by atoms with Crippen molar-refractivity contribution in [2.24, 2.45) is 4.99 Å². The number of carbonyl (C=O) groups is 1. The lowest BCUT2D eigenvalue weighted by atomic mass is 9.94. The Bertz CT molecular complexity index is 1110. The van der Waals surface area contributed by atoms with Gasteiger partial charge in [0.15, 0.2) is 5.17 Å². The minimum Gasteiger partial charge on any atom is -0.489 e. The molecular formula is C23H20Cl2N2O3S. The number of nitrogens with zero attached hydrogens (tertiary/aromatic N) is 2. The third-order valence-electron chi connectivity index (χ3n) is 4.88. The summed E-state index contributed by atoms with van der Waals surface area (Å²) in [6.45, 7) is 4.28. The summed E-state index contributed by atoms with van der Waals surface area (Å²) in [5.74, 6) is 0.324. The van der Waals surface area contributed by atoms with Crippen molar-refractivity contribution in [2.45, 2.75) is 26.5 Å². The molecule has 1 atom stereocenters. The number of hydrogen-bond acceptors (Lipinski definition) is 6. The minimum atomic E-state index is -0.361. The molecule has 5 nitrogen and oxygen atoms in total. The SMILES string of the molecule is CCOC(=O)C1=C(C)N=C2SC=CN2[C@H]1c1cccc(OCc2ccc(Cl)c(Cl)c2)c1. The number of esters is 1. The molecule has 0 radical (unpaired) electrons. The van der Waals surface area contributed by atoms with Gasteiger partial charge in [-0.05, 0) is 54.6 Å². The second-order valence-electron chi connectivity index (χ2n) is 6.94. The van der Waals surface area contributed by atoms with E-state index in [0.717, 1.165) is 16.3 Å². The summed E-state index contributed by atoms with van der Waals surface area (Å²) in [6.07, 6.45) is 1.93. The van der Waals surface area contributed by atoms with Gasteiger partial charge >= 0.3 is 5.97 Å². The standard InChI is InChI=1S/C23H20Cl2N2O3S/c1-3-29-22(28)20-14(2)26-23-27(9-10-31-23)21(20)16-5-4-6-17(12-16)30-13-15-7-8-18(24)19(25)11-15/h4-12,21H,3,13H2,1-2H3/t21-/m0/s1. The van der Waals surface area contributed by atoms with Crippen molar-refractivity contribution in [1.29, 1.82) is 0 Å². The van der Waals surface area contributed by atoms with E-state index in [-0.39, 0.29) is 12.0 Å². The summed E-state index contributed by atoms with van der Waals surface area (Å²) in [5, 5.41) is 3.78. The van der Waals surface area contributed by atoms with E-state index in [2.05, 4.69) is 4.99 Å². The number of rotatable bonds is 6. The van der Waals surface area contributed by atoms with Crippen molar-refractivity contribution in [3.8, 4) is 5.75 Å². The van der Waals surface area contributed by atoms with E-state index in [1.165, 1.54) is 11.8 Å². The maximum atomic E-state index is 12.8. The van der Waals surface area contributed by atoms with E-state index in [1.807, 2.05) is 53.8 Å². The van der Waals surface area contributed by atoms with Gasteiger partial charge in [0.05, 0.1) is 34.0 Å². The molecule has 0 spiro atoms. The Kier molecular flexibility index (Phi) is 6.60. The average molecular weight is 475 g/mol. The monoisotopic (exact) mass is 474 g/mol. The highest BCUT2D eigenvalue weighted by molar-refractivity contribution is 8.16. The van der Waals surface area contributed by atoms with Gasteiger partial charge in [-0.2, -0.15) is 0 Å². The number of fused-ring (bicyclic) bond motifs is 1. The molecule has 0 aliphatic carbocycles. The van der Waals surface area contributed by atoms with Crippen molar-refractivity contribution < 1.29 is 14.3 Å². The van der Waals surface area contributed by atoms with Crippen LogP contribution in [0.1, 0.15) is 31.0 Å². The number of allylic oxidation sites excluding steroid dienone is 1. The summed E-state index contributed by atoms with van der Waals surface area (Å²) < 4.78 is 11.3. The molecular weight excluding hydrogens is 455 g/mol. The molecule has 2 aromatic carbocycles. The first-order valence-corrected chi connectivity index (χ1v) is 11.4. The number of hydrogen-bond donors (Lipinski definition) is 0. The normalized spacial score (nSPS) is 17.5. The number of halogens is 2. The van der Waals surface area contributed by atoms with Crippen LogP contribution in [0.4, 0.5) is 0 Å². The average Bonchev–Trinajstić information content (AvgIpc) is 3.22. The molecule has 2 aliphatic rings. The van der Waals surface area contributed by atoms with Crippen LogP contribution in [0.5, 0.6) is 5.75 Å². The van der Waals surface area contributed by atoms with Crippen molar-refractivity contribution >= 4 is 46.1 Å². The van der Waals surface area contributed by atoms with E-state index in [1.54, 1.807) is 19.1 Å². The second-order valence-corrected chi connectivity index (χ2v) is 8.62. The Labute approximate surface area is 195 Å². The summed E-state index contributed by atoms with van der Waals surface area (Å²) in [4.78, 5) is 19.3. The third-order valence-corrected chi connectivity index (χ3v) is 6.39. The Balaban J connectivity index is 1.62. The first-order valence-electron chi connectivity index (χ1n) is 9.73. The molecule has 0 unspecified atom stereocenters. The van der Waals surface area contributed by atoms with Crippen LogP contribution in [0.3, 0.4) is 0 Å². The van der Waals surface area contributed by atoms with Gasteiger partial charge < -0.3 is 14.4 Å². The second kappa shape index (κ2) is 9.39. The molecule has 0 saturated heterocycles. The van der Waals surface area contributed by atoms with E-state index in [0.29, 0.717) is 40.3 Å². The Morgan fingerprint density at radius 3 is 2.81 bits per heavy atom. The van der Waals surface area contributed by atoms with Crippen LogP contribution in [0.15, 0.2) is 70.3 Å². The molecule has 0 N–H and O–H groups in total. The molecule has 2 aromatic rings. The predicted octanol–water partition coefficient (Wildman–Crippen LogP) is 6.34. The molecule has 4 rings (SSSR count). The maximum Gasteiger partial charge on any atom is 0.338 e. The quantitative estimate of drug-likeness (QED) is 0.457. The Hall–Kier alpha value is -2.41. The van der Waals surface area contributed by atoms with Crippen LogP contribution in [-0.2, 0) is 16.1 Å². The first-order chi connectivity index (χ1) is 15.0. The van der Waals surface area contributed by atoms with Gasteiger partial charge in [-0.15, -0.1) is 0 Å². The number of amidine groups is 1. The zero-order valence-electron chi connectivity index (χ0n) is 17.0. The summed E-state index contributed by atoms with van der Waals surface area (Å²) in [6, 6.07) is 12.8. The molecule has 0 bridgehead atoms. The van der Waals surface area contributed by atoms with Crippen LogP contribution in [0.2, 0.25) is 10.0 Å². The topological polar surface area (TPSA) is 51.1 Å². The van der Waals surface area contributed by atoms with Gasteiger partial charge in [-0.1, -0.05) is 53.2 Å². The minimum absolute atomic E-state index is 0.302. The first kappa shape index (κ1) is 21.8. The van der Waals surface area contributed by atoms with Crippen LogP contribution in [-0.4, -0.2) is 22.6 Å². The number of thioether (sulfide) groups is 1. The highest BCUT2D eigenvalue weighted by Gasteiger charge is 2.37. The Morgan fingerprint density at radius 1 is 1.19 bits per heavy atom. The van der Waals surface area contributed by atoms with Gasteiger partial charge in [-0.3, -0.25) is 0 Å². The van der Waals surface area contributed by atoms with Gasteiger partial charge in [-0.25, -0.2) is 9.79 Å². The number of ether oxygens (including phenoxy) is 2. The zero-order valence-corrected chi connectivity index (χ0v) is 19.3. The van der Waals surface area contributed by atoms with E-state index in [4.69, 9.17) is 32.7 Å². The van der Waals surface area contributed by atoms with E-state index in [9.17, 15) is 4.79 Å². The van der Waals surface area contributed by atoms with Crippen LogP contribution < -0.4 is 4.74 Å². The molecule has 31 heavy (non-hydrogen) atoms. The van der Waals surface area contributed by atoms with Crippen LogP contribution in [0, 0.1) is 0 Å². The molecule has 160 valence electrons. The fourth-order valence-corrected chi connectivity index (χ4v) is 4.58. The fraction of sp³-hybridized carbons (Fsp3) is 0.217. The van der Waals surface area contributed by atoms with Crippen molar-refractivity contribution in [3.05, 3.63) is 86.5 Å². The Morgan fingerprint density at radius 2 is 2.03 bits per heavy atom. The van der Waals surface area contributed by atoms with Gasteiger partial charge in [0.25, 0.3) is 0 Å². The van der Waals surface area contributed by atoms with E-state index < -0.39 is 0 Å². The molecule has 2 aliphatic heterocycles. The number of benzene rings is 2. The lowest BCUT2D eigenvalue weighted by Crippen LogP contribution is -2.34. The van der Waals surface area contributed by atoms with Crippen molar-refractivity contribution in [1.82, 2.24) is 4.90 Å². The van der Waals surface area contributed by atoms with Crippen molar-refractivity contribution in [3.63, 3.8) is 0 Å². The highest BCUT2D eigenvalue weighted by atomic mass is 35.5. The lowest BCUT2D eigenvalue weighted by molar-refractivity contribution is -0.139. The lowest BCUT2D eigenvalue weighted by Gasteiger charge is -2.33. The fourth-order valence-electron chi connectivity index (χ4n) is 3.47. The molecule has 8 heteroatoms. The van der Waals surface area contributed by atoms with Gasteiger partial charge in [0.1, 0.15) is 12.4 Å². The molecule has 0 amide bonds. The predicted molar refractivity (Wildman–Crippen MR) is 125 cm³/mol. The van der Waals surface area contributed by atoms with Crippen molar-refractivity contribution in [2.75, 3.05) is 6.61 Å². The summed E-state index contributed by atoms with van der Waals surface area (Å²) >= 11 is 13.6.